The first-order valence-corrected chi connectivity index (χ1v) is 5.19. The second-order valence-corrected chi connectivity index (χ2v) is 3.82. The minimum atomic E-state index is -0.781. The van der Waals surface area contributed by atoms with Crippen molar-refractivity contribution in [2.24, 2.45) is 0 Å². The molecule has 0 atom stereocenters. The van der Waals surface area contributed by atoms with Gasteiger partial charge in [-0.1, -0.05) is 0 Å². The predicted octanol–water partition coefficient (Wildman–Crippen LogP) is 2.84. The Bertz CT molecular complexity index is 600. The van der Waals surface area contributed by atoms with Crippen LogP contribution in [0.4, 0.5) is 15.8 Å². The van der Waals surface area contributed by atoms with Crippen molar-refractivity contribution < 1.29 is 9.31 Å². The number of hydrogen-bond acceptors (Lipinski definition) is 5. The number of allylic oxidation sites excluding steroid dienone is 1. The minimum absolute atomic E-state index is 0.0273. The molecule has 0 unspecified atom stereocenters. The number of benzene rings is 1. The third-order valence-corrected chi connectivity index (χ3v) is 2.46. The molecule has 1 N–H and O–H groups in total. The molecule has 0 aliphatic carbocycles. The fourth-order valence-corrected chi connectivity index (χ4v) is 1.39. The minimum Gasteiger partial charge on any atom is -0.354 e. The lowest BCUT2D eigenvalue weighted by atomic mass is 10.2. The van der Waals surface area contributed by atoms with Crippen LogP contribution in [0.5, 0.6) is 0 Å². The molecule has 0 radical (unpaired) electrons. The van der Waals surface area contributed by atoms with Gasteiger partial charge in [0.15, 0.2) is 0 Å². The second-order valence-electron chi connectivity index (χ2n) is 2.97. The van der Waals surface area contributed by atoms with Crippen LogP contribution < -0.4 is 5.32 Å². The number of nitriles is 2. The lowest BCUT2D eigenvalue weighted by Crippen LogP contribution is -1.98. The van der Waals surface area contributed by atoms with E-state index in [-0.39, 0.29) is 15.7 Å². The summed E-state index contributed by atoms with van der Waals surface area (Å²) in [7, 11) is 0. The first-order valence-electron chi connectivity index (χ1n) is 4.40. The third-order valence-electron chi connectivity index (χ3n) is 1.85. The summed E-state index contributed by atoms with van der Waals surface area (Å²) in [5.41, 5.74) is -0.789. The van der Waals surface area contributed by atoms with Crippen molar-refractivity contribution >= 4 is 27.3 Å². The van der Waals surface area contributed by atoms with E-state index in [0.717, 1.165) is 18.3 Å². The van der Waals surface area contributed by atoms with Crippen LogP contribution in [0.2, 0.25) is 0 Å². The smallest absolute Gasteiger partial charge is 0.295 e. The highest BCUT2D eigenvalue weighted by atomic mass is 79.9. The van der Waals surface area contributed by atoms with Crippen LogP contribution in [0.25, 0.3) is 0 Å². The maximum absolute atomic E-state index is 13.2. The molecule has 90 valence electrons. The molecule has 0 saturated carbocycles. The SMILES string of the molecule is N#CC(C#N)=CNc1cc(Br)c(F)cc1[N+](=O)[O-]. The molecule has 1 rings (SSSR count). The highest BCUT2D eigenvalue weighted by Gasteiger charge is 2.17. The zero-order valence-corrected chi connectivity index (χ0v) is 10.2. The van der Waals surface area contributed by atoms with E-state index in [9.17, 15) is 14.5 Å². The van der Waals surface area contributed by atoms with Crippen molar-refractivity contribution in [3.8, 4) is 12.1 Å². The van der Waals surface area contributed by atoms with E-state index in [1.807, 2.05) is 0 Å². The molecule has 0 spiro atoms. The van der Waals surface area contributed by atoms with E-state index < -0.39 is 16.4 Å². The fraction of sp³-hybridized carbons (Fsp3) is 0. The van der Waals surface area contributed by atoms with E-state index in [0.29, 0.717) is 0 Å². The molecule has 0 heterocycles. The Morgan fingerprint density at radius 3 is 2.61 bits per heavy atom. The molecule has 0 saturated heterocycles. The third kappa shape index (κ3) is 3.03. The molecule has 0 aliphatic rings. The van der Waals surface area contributed by atoms with Gasteiger partial charge in [0.1, 0.15) is 29.2 Å². The van der Waals surface area contributed by atoms with Gasteiger partial charge in [0.05, 0.1) is 15.5 Å². The van der Waals surface area contributed by atoms with Gasteiger partial charge in [0.2, 0.25) is 0 Å². The molecule has 1 aromatic carbocycles. The number of hydrogen-bond donors (Lipinski definition) is 1. The summed E-state index contributed by atoms with van der Waals surface area (Å²) in [6, 6.07) is 5.04. The highest BCUT2D eigenvalue weighted by molar-refractivity contribution is 9.10. The summed E-state index contributed by atoms with van der Waals surface area (Å²) < 4.78 is 13.2. The van der Waals surface area contributed by atoms with Gasteiger partial charge in [-0.15, -0.1) is 0 Å². The van der Waals surface area contributed by atoms with Crippen LogP contribution in [-0.2, 0) is 0 Å². The molecule has 6 nitrogen and oxygen atoms in total. The number of rotatable bonds is 3. The van der Waals surface area contributed by atoms with Crippen LogP contribution in [0, 0.1) is 38.6 Å². The normalized spacial score (nSPS) is 8.89. The lowest BCUT2D eigenvalue weighted by Gasteiger charge is -2.04. The van der Waals surface area contributed by atoms with Crippen molar-refractivity contribution in [3.05, 3.63) is 44.3 Å². The lowest BCUT2D eigenvalue weighted by molar-refractivity contribution is -0.384. The largest absolute Gasteiger partial charge is 0.354 e. The molecule has 0 fully saturated rings. The number of anilines is 1. The van der Waals surface area contributed by atoms with Gasteiger partial charge < -0.3 is 5.32 Å². The summed E-state index contributed by atoms with van der Waals surface area (Å²) in [5, 5.41) is 30.1. The maximum Gasteiger partial charge on any atom is 0.295 e. The van der Waals surface area contributed by atoms with Gasteiger partial charge in [0.25, 0.3) is 5.69 Å². The topological polar surface area (TPSA) is 103 Å². The molecular weight excluding hydrogens is 307 g/mol. The quantitative estimate of drug-likeness (QED) is 0.525. The van der Waals surface area contributed by atoms with Gasteiger partial charge in [-0.3, -0.25) is 10.1 Å². The Kier molecular flexibility index (Phi) is 4.35. The van der Waals surface area contributed by atoms with E-state index in [1.165, 1.54) is 0 Å². The number of nitrogens with one attached hydrogen (secondary N) is 1. The maximum atomic E-state index is 13.2. The van der Waals surface area contributed by atoms with Crippen LogP contribution in [0.15, 0.2) is 28.4 Å². The summed E-state index contributed by atoms with van der Waals surface area (Å²) in [4.78, 5) is 9.93. The summed E-state index contributed by atoms with van der Waals surface area (Å²) >= 11 is 2.88. The average Bonchev–Trinajstić information content (AvgIpc) is 2.34. The predicted molar refractivity (Wildman–Crippen MR) is 63.7 cm³/mol. The second kappa shape index (κ2) is 5.75. The van der Waals surface area contributed by atoms with Crippen molar-refractivity contribution in [2.45, 2.75) is 0 Å². The fourth-order valence-electron chi connectivity index (χ4n) is 1.04. The number of nitro benzene ring substituents is 1. The van der Waals surface area contributed by atoms with Crippen molar-refractivity contribution in [1.29, 1.82) is 10.5 Å². The van der Waals surface area contributed by atoms with Crippen LogP contribution in [0.1, 0.15) is 0 Å². The van der Waals surface area contributed by atoms with E-state index in [4.69, 9.17) is 10.5 Å². The van der Waals surface area contributed by atoms with Crippen molar-refractivity contribution in [1.82, 2.24) is 0 Å². The Labute approximate surface area is 109 Å². The monoisotopic (exact) mass is 310 g/mol. The van der Waals surface area contributed by atoms with Gasteiger partial charge in [-0.2, -0.15) is 10.5 Å². The first kappa shape index (κ1) is 13.6. The van der Waals surface area contributed by atoms with Crippen LogP contribution >= 0.6 is 15.9 Å². The molecule has 1 aromatic rings. The molecule has 8 heteroatoms. The Morgan fingerprint density at radius 2 is 2.11 bits per heavy atom. The molecule has 0 aliphatic heterocycles. The van der Waals surface area contributed by atoms with Gasteiger partial charge in [0, 0.05) is 6.20 Å². The Morgan fingerprint density at radius 1 is 1.50 bits per heavy atom. The number of halogens is 2. The Balaban J connectivity index is 3.21. The first-order chi connectivity index (χ1) is 8.49. The zero-order chi connectivity index (χ0) is 13.7. The summed E-state index contributed by atoms with van der Waals surface area (Å²) in [6.07, 6.45) is 1.01. The summed E-state index contributed by atoms with van der Waals surface area (Å²) in [6.45, 7) is 0. The molecular formula is C10H4BrFN4O2. The number of nitro groups is 1. The molecule has 18 heavy (non-hydrogen) atoms. The van der Waals surface area contributed by atoms with Gasteiger partial charge >= 0.3 is 0 Å². The highest BCUT2D eigenvalue weighted by Crippen LogP contribution is 2.30. The molecule has 0 bridgehead atoms. The van der Waals surface area contributed by atoms with Gasteiger partial charge in [-0.05, 0) is 22.0 Å². The van der Waals surface area contributed by atoms with Crippen LogP contribution in [-0.4, -0.2) is 4.92 Å². The van der Waals surface area contributed by atoms with Crippen molar-refractivity contribution in [2.75, 3.05) is 5.32 Å². The molecule has 0 amide bonds. The van der Waals surface area contributed by atoms with E-state index in [1.54, 1.807) is 12.1 Å². The standard InChI is InChI=1S/C10H4BrFN4O2/c11-7-1-9(15-5-6(3-13)4-14)10(16(17)18)2-8(7)12/h1-2,5,15H. The van der Waals surface area contributed by atoms with Crippen LogP contribution in [0.3, 0.4) is 0 Å². The zero-order valence-electron chi connectivity index (χ0n) is 8.65. The molecule has 0 aromatic heterocycles. The number of nitrogens with zero attached hydrogens (tertiary/aromatic N) is 3. The van der Waals surface area contributed by atoms with Crippen molar-refractivity contribution in [3.63, 3.8) is 0 Å². The average molecular weight is 311 g/mol. The Hall–Kier alpha value is -2.45. The van der Waals surface area contributed by atoms with E-state index in [2.05, 4.69) is 21.2 Å². The summed E-state index contributed by atoms with van der Waals surface area (Å²) in [5.74, 6) is -0.781. The van der Waals surface area contributed by atoms with Gasteiger partial charge in [-0.25, -0.2) is 4.39 Å². The van der Waals surface area contributed by atoms with E-state index >= 15 is 0 Å².